The van der Waals surface area contributed by atoms with Crippen LogP contribution in [0.15, 0.2) is 42.6 Å². The Bertz CT molecular complexity index is 1180. The molecule has 1 amide bonds. The van der Waals surface area contributed by atoms with E-state index < -0.39 is 5.60 Å². The van der Waals surface area contributed by atoms with Crippen LogP contribution in [0.5, 0.6) is 0 Å². The van der Waals surface area contributed by atoms with Gasteiger partial charge < -0.3 is 9.64 Å². The quantitative estimate of drug-likeness (QED) is 0.516. The van der Waals surface area contributed by atoms with Crippen LogP contribution in [0.3, 0.4) is 0 Å². The number of halogens is 1. The van der Waals surface area contributed by atoms with Crippen molar-refractivity contribution in [2.45, 2.75) is 58.2 Å². The Morgan fingerprint density at radius 3 is 2.59 bits per heavy atom. The van der Waals surface area contributed by atoms with Crippen molar-refractivity contribution < 1.29 is 9.53 Å². The van der Waals surface area contributed by atoms with Crippen molar-refractivity contribution in [3.8, 4) is 5.69 Å². The molecule has 5 rings (SSSR count). The van der Waals surface area contributed by atoms with Gasteiger partial charge in [-0.05, 0) is 69.5 Å². The minimum Gasteiger partial charge on any atom is -0.444 e. The van der Waals surface area contributed by atoms with Crippen LogP contribution in [0.4, 0.5) is 10.6 Å². The third-order valence-corrected chi connectivity index (χ3v) is 6.45. The van der Waals surface area contributed by atoms with Gasteiger partial charge in [-0.1, -0.05) is 17.7 Å². The van der Waals surface area contributed by atoms with E-state index in [1.807, 2.05) is 57.3 Å². The second kappa shape index (κ2) is 8.91. The lowest BCUT2D eigenvalue weighted by Crippen LogP contribution is -2.35. The molecule has 1 aromatic carbocycles. The van der Waals surface area contributed by atoms with Gasteiger partial charge in [0.05, 0.1) is 18.8 Å². The van der Waals surface area contributed by atoms with Crippen molar-refractivity contribution in [3.05, 3.63) is 64.8 Å². The van der Waals surface area contributed by atoms with E-state index in [9.17, 15) is 4.79 Å². The fourth-order valence-corrected chi connectivity index (χ4v) is 4.85. The summed E-state index contributed by atoms with van der Waals surface area (Å²) in [6.45, 7) is 8.12. The molecule has 1 fully saturated rings. The van der Waals surface area contributed by atoms with Gasteiger partial charge in [0.2, 0.25) is 0 Å². The topological polar surface area (TPSA) is 76.4 Å². The smallest absolute Gasteiger partial charge is 0.411 e. The molecular weight excluding hydrogens is 452 g/mol. The lowest BCUT2D eigenvalue weighted by molar-refractivity contribution is 0.0214. The Balaban J connectivity index is 1.45. The minimum absolute atomic E-state index is 0.262. The molecule has 9 heteroatoms. The van der Waals surface area contributed by atoms with Crippen LogP contribution in [0.1, 0.15) is 56.7 Å². The van der Waals surface area contributed by atoms with Crippen molar-refractivity contribution in [1.82, 2.24) is 24.6 Å². The Labute approximate surface area is 204 Å². The number of fused-ring (bicyclic) bond motifs is 3. The Morgan fingerprint density at radius 1 is 1.09 bits per heavy atom. The first kappa shape index (κ1) is 22.7. The molecule has 1 saturated heterocycles. The molecule has 0 atom stereocenters. The van der Waals surface area contributed by atoms with Gasteiger partial charge in [0.25, 0.3) is 0 Å². The summed E-state index contributed by atoms with van der Waals surface area (Å²) in [5.41, 5.74) is 1.34. The molecule has 0 N–H and O–H groups in total. The number of benzene rings is 1. The molecule has 2 aliphatic rings. The number of hydrogen-bond acceptors (Lipinski definition) is 6. The van der Waals surface area contributed by atoms with Gasteiger partial charge in [0.15, 0.2) is 5.82 Å². The summed E-state index contributed by atoms with van der Waals surface area (Å²) >= 11 is 6.34. The standard InChI is InChI=1S/C25H29ClN6O2/c1-25(2,3)34-24(33)31-15-18-14-19(26)7-8-20(18)32-22(16-31)28-29-23(32)17-9-12-30(13-10-17)21-6-4-5-11-27-21/h4-8,11,14,17H,9-10,12-13,15-16H2,1-3H3. The first-order chi connectivity index (χ1) is 16.3. The van der Waals surface area contributed by atoms with Crippen LogP contribution in [0.2, 0.25) is 5.02 Å². The SMILES string of the molecule is CC(C)(C)OC(=O)N1Cc2cc(Cl)ccc2-n2c(nnc2C2CCN(c3ccccn3)CC2)C1. The highest BCUT2D eigenvalue weighted by atomic mass is 35.5. The van der Waals surface area contributed by atoms with Crippen molar-refractivity contribution in [2.75, 3.05) is 18.0 Å². The van der Waals surface area contributed by atoms with Gasteiger partial charge in [-0.2, -0.15) is 0 Å². The zero-order chi connectivity index (χ0) is 23.9. The highest BCUT2D eigenvalue weighted by molar-refractivity contribution is 6.30. The predicted molar refractivity (Wildman–Crippen MR) is 130 cm³/mol. The Hall–Kier alpha value is -3.13. The maximum atomic E-state index is 13.0. The lowest BCUT2D eigenvalue weighted by atomic mass is 9.95. The summed E-state index contributed by atoms with van der Waals surface area (Å²) in [4.78, 5) is 21.4. The number of piperidine rings is 1. The highest BCUT2D eigenvalue weighted by Gasteiger charge is 2.32. The molecule has 0 bridgehead atoms. The molecule has 8 nitrogen and oxygen atoms in total. The lowest BCUT2D eigenvalue weighted by Gasteiger charge is -2.32. The number of amides is 1. The second-order valence-corrected chi connectivity index (χ2v) is 10.3. The molecule has 0 saturated carbocycles. The molecule has 178 valence electrons. The molecular formula is C25H29ClN6O2. The molecule has 2 aromatic heterocycles. The van der Waals surface area contributed by atoms with Gasteiger partial charge >= 0.3 is 6.09 Å². The van der Waals surface area contributed by atoms with Crippen LogP contribution in [0.25, 0.3) is 5.69 Å². The molecule has 2 aliphatic heterocycles. The van der Waals surface area contributed by atoms with Crippen LogP contribution >= 0.6 is 11.6 Å². The molecule has 3 aromatic rings. The zero-order valence-corrected chi connectivity index (χ0v) is 20.5. The normalized spacial score (nSPS) is 16.6. The summed E-state index contributed by atoms with van der Waals surface area (Å²) in [5.74, 6) is 2.94. The van der Waals surface area contributed by atoms with E-state index in [0.29, 0.717) is 18.1 Å². The maximum absolute atomic E-state index is 13.0. The van der Waals surface area contributed by atoms with E-state index in [1.165, 1.54) is 0 Å². The number of carbonyl (C=O) groups is 1. The Morgan fingerprint density at radius 2 is 1.88 bits per heavy atom. The Kier molecular flexibility index (Phi) is 5.93. The molecule has 34 heavy (non-hydrogen) atoms. The van der Waals surface area contributed by atoms with Gasteiger partial charge in [0.1, 0.15) is 17.2 Å². The van der Waals surface area contributed by atoms with Gasteiger partial charge in [-0.25, -0.2) is 9.78 Å². The number of hydrogen-bond donors (Lipinski definition) is 0. The average molecular weight is 481 g/mol. The number of nitrogens with zero attached hydrogens (tertiary/aromatic N) is 6. The van der Waals surface area contributed by atoms with E-state index in [-0.39, 0.29) is 12.0 Å². The van der Waals surface area contributed by atoms with Crippen molar-refractivity contribution >= 4 is 23.5 Å². The number of anilines is 1. The monoisotopic (exact) mass is 480 g/mol. The van der Waals surface area contributed by atoms with E-state index >= 15 is 0 Å². The maximum Gasteiger partial charge on any atom is 0.411 e. The van der Waals surface area contributed by atoms with Gasteiger partial charge in [0, 0.05) is 30.2 Å². The van der Waals surface area contributed by atoms with Crippen LogP contribution < -0.4 is 4.90 Å². The summed E-state index contributed by atoms with van der Waals surface area (Å²) in [7, 11) is 0. The van der Waals surface area contributed by atoms with E-state index in [0.717, 1.165) is 54.6 Å². The largest absolute Gasteiger partial charge is 0.444 e. The summed E-state index contributed by atoms with van der Waals surface area (Å²) in [6.07, 6.45) is 3.36. The first-order valence-corrected chi connectivity index (χ1v) is 12.0. The van der Waals surface area contributed by atoms with E-state index in [1.54, 1.807) is 4.90 Å². The average Bonchev–Trinajstić information content (AvgIpc) is 3.14. The van der Waals surface area contributed by atoms with Crippen molar-refractivity contribution in [2.24, 2.45) is 0 Å². The molecule has 4 heterocycles. The van der Waals surface area contributed by atoms with E-state index in [4.69, 9.17) is 16.3 Å². The van der Waals surface area contributed by atoms with Crippen LogP contribution in [-0.4, -0.2) is 49.4 Å². The third-order valence-electron chi connectivity index (χ3n) is 6.22. The fourth-order valence-electron chi connectivity index (χ4n) is 4.65. The number of pyridine rings is 1. The summed E-state index contributed by atoms with van der Waals surface area (Å²) < 4.78 is 7.78. The van der Waals surface area contributed by atoms with Gasteiger partial charge in [-0.15, -0.1) is 10.2 Å². The van der Waals surface area contributed by atoms with Gasteiger partial charge in [-0.3, -0.25) is 9.47 Å². The zero-order valence-electron chi connectivity index (χ0n) is 19.7. The second-order valence-electron chi connectivity index (χ2n) is 9.87. The van der Waals surface area contributed by atoms with Crippen LogP contribution in [0, 0.1) is 0 Å². The number of rotatable bonds is 2. The third kappa shape index (κ3) is 4.59. The summed E-state index contributed by atoms with van der Waals surface area (Å²) in [5, 5.41) is 9.77. The number of carbonyl (C=O) groups excluding carboxylic acids is 1. The molecule has 0 unspecified atom stereocenters. The molecule has 0 radical (unpaired) electrons. The number of ether oxygens (including phenoxy) is 1. The van der Waals surface area contributed by atoms with Crippen molar-refractivity contribution in [3.63, 3.8) is 0 Å². The highest BCUT2D eigenvalue weighted by Crippen LogP contribution is 2.34. The predicted octanol–water partition coefficient (Wildman–Crippen LogP) is 4.95. The van der Waals surface area contributed by atoms with Crippen LogP contribution in [-0.2, 0) is 17.8 Å². The minimum atomic E-state index is -0.582. The first-order valence-electron chi connectivity index (χ1n) is 11.7. The fraction of sp³-hybridized carbons (Fsp3) is 0.440. The summed E-state index contributed by atoms with van der Waals surface area (Å²) in [6, 6.07) is 11.8. The van der Waals surface area contributed by atoms with Crippen molar-refractivity contribution in [1.29, 1.82) is 0 Å². The molecule has 0 spiro atoms. The van der Waals surface area contributed by atoms with E-state index in [2.05, 4.69) is 30.7 Å². The molecule has 0 aliphatic carbocycles. The number of aromatic nitrogens is 4.